The molecule has 118 valence electrons. The Labute approximate surface area is 139 Å². The van der Waals surface area contributed by atoms with Crippen LogP contribution in [0.4, 0.5) is 5.95 Å². The molecule has 0 fully saturated rings. The Hall–Kier alpha value is -3.28. The number of methoxy groups -OCH3 is 1. The quantitative estimate of drug-likeness (QED) is 0.743. The van der Waals surface area contributed by atoms with Gasteiger partial charge in [-0.25, -0.2) is 4.99 Å². The Morgan fingerprint density at radius 1 is 1.08 bits per heavy atom. The molecule has 0 saturated heterocycles. The zero-order valence-corrected chi connectivity index (χ0v) is 13.1. The average molecular weight is 317 g/mol. The molecule has 2 aromatic carbocycles. The van der Waals surface area contributed by atoms with Gasteiger partial charge >= 0.3 is 0 Å². The van der Waals surface area contributed by atoms with Crippen LogP contribution in [0.25, 0.3) is 0 Å². The minimum atomic E-state index is 0.541. The van der Waals surface area contributed by atoms with Gasteiger partial charge in [0.1, 0.15) is 17.8 Å². The zero-order chi connectivity index (χ0) is 16.4. The molecule has 6 heteroatoms. The molecular weight excluding hydrogens is 302 g/mol. The second-order valence-electron chi connectivity index (χ2n) is 5.29. The van der Waals surface area contributed by atoms with Crippen LogP contribution in [0, 0.1) is 0 Å². The number of aliphatic imine (C=N–C) groups is 2. The summed E-state index contributed by atoms with van der Waals surface area (Å²) >= 11 is 0. The van der Waals surface area contributed by atoms with Crippen molar-refractivity contribution in [2.45, 2.75) is 6.54 Å². The van der Waals surface area contributed by atoms with Crippen LogP contribution in [-0.2, 0) is 6.54 Å². The van der Waals surface area contributed by atoms with Gasteiger partial charge in [0.25, 0.3) is 5.95 Å². The van der Waals surface area contributed by atoms with E-state index in [2.05, 4.69) is 15.1 Å². The first-order valence-corrected chi connectivity index (χ1v) is 7.57. The highest BCUT2D eigenvalue weighted by Crippen LogP contribution is 2.22. The van der Waals surface area contributed by atoms with E-state index in [1.807, 2.05) is 54.6 Å². The number of nitrogens with zero attached hydrogens (tertiary/aromatic N) is 5. The van der Waals surface area contributed by atoms with E-state index in [1.54, 1.807) is 11.8 Å². The summed E-state index contributed by atoms with van der Waals surface area (Å²) in [6.07, 6.45) is 1.49. The summed E-state index contributed by atoms with van der Waals surface area (Å²) in [4.78, 5) is 13.5. The number of fused-ring (bicyclic) bond motifs is 1. The Balaban J connectivity index is 1.73. The van der Waals surface area contributed by atoms with Gasteiger partial charge in [0.05, 0.1) is 13.7 Å². The van der Waals surface area contributed by atoms with Gasteiger partial charge in [-0.15, -0.1) is 0 Å². The monoisotopic (exact) mass is 317 g/mol. The van der Waals surface area contributed by atoms with Crippen molar-refractivity contribution in [2.75, 3.05) is 7.11 Å². The van der Waals surface area contributed by atoms with Crippen LogP contribution in [0.15, 0.2) is 70.9 Å². The number of hydrogen-bond acceptors (Lipinski definition) is 5. The van der Waals surface area contributed by atoms with Gasteiger partial charge in [-0.05, 0) is 17.7 Å². The lowest BCUT2D eigenvalue weighted by Crippen LogP contribution is -2.20. The molecule has 0 spiro atoms. The molecule has 2 heterocycles. The molecule has 0 amide bonds. The molecule has 0 saturated carbocycles. The van der Waals surface area contributed by atoms with Crippen molar-refractivity contribution in [3.8, 4) is 5.75 Å². The predicted octanol–water partition coefficient (Wildman–Crippen LogP) is 2.87. The van der Waals surface area contributed by atoms with Gasteiger partial charge in [0.2, 0.25) is 0 Å². The largest absolute Gasteiger partial charge is 0.497 e. The molecular formula is C18H15N5O. The van der Waals surface area contributed by atoms with E-state index >= 15 is 0 Å². The van der Waals surface area contributed by atoms with Crippen LogP contribution in [0.3, 0.4) is 0 Å². The lowest BCUT2D eigenvalue weighted by atomic mass is 10.1. The maximum Gasteiger partial charge on any atom is 0.254 e. The maximum absolute atomic E-state index is 5.30. The van der Waals surface area contributed by atoms with Gasteiger partial charge in [0.15, 0.2) is 5.84 Å². The third-order valence-electron chi connectivity index (χ3n) is 3.75. The summed E-state index contributed by atoms with van der Waals surface area (Å²) in [5.41, 5.74) is 2.80. The van der Waals surface area contributed by atoms with Crippen molar-refractivity contribution in [3.63, 3.8) is 0 Å². The van der Waals surface area contributed by atoms with Crippen LogP contribution >= 0.6 is 0 Å². The topological polar surface area (TPSA) is 64.7 Å². The molecule has 1 aromatic heterocycles. The second kappa shape index (κ2) is 6.08. The summed E-state index contributed by atoms with van der Waals surface area (Å²) in [5, 5.41) is 4.24. The summed E-state index contributed by atoms with van der Waals surface area (Å²) < 4.78 is 6.97. The minimum Gasteiger partial charge on any atom is -0.497 e. The number of benzene rings is 2. The van der Waals surface area contributed by atoms with Gasteiger partial charge in [-0.2, -0.15) is 14.8 Å². The lowest BCUT2D eigenvalue weighted by molar-refractivity contribution is 0.414. The molecule has 0 unspecified atom stereocenters. The highest BCUT2D eigenvalue weighted by atomic mass is 16.5. The average Bonchev–Trinajstić information content (AvgIpc) is 3.22. The highest BCUT2D eigenvalue weighted by molar-refractivity contribution is 6.50. The molecule has 1 aliphatic rings. The van der Waals surface area contributed by atoms with Crippen molar-refractivity contribution >= 4 is 17.5 Å². The van der Waals surface area contributed by atoms with E-state index in [0.29, 0.717) is 18.3 Å². The highest BCUT2D eigenvalue weighted by Gasteiger charge is 2.25. The lowest BCUT2D eigenvalue weighted by Gasteiger charge is -2.06. The number of hydrogen-bond donors (Lipinski definition) is 0. The van der Waals surface area contributed by atoms with Gasteiger partial charge in [0, 0.05) is 5.56 Å². The fraction of sp³-hybridized carbons (Fsp3) is 0.111. The molecule has 0 bridgehead atoms. The Kier molecular flexibility index (Phi) is 3.63. The normalized spacial score (nSPS) is 14.5. The third kappa shape index (κ3) is 2.58. The molecule has 4 rings (SSSR count). The fourth-order valence-electron chi connectivity index (χ4n) is 2.57. The summed E-state index contributed by atoms with van der Waals surface area (Å²) in [7, 11) is 1.65. The van der Waals surface area contributed by atoms with E-state index in [0.717, 1.165) is 22.6 Å². The number of aromatic nitrogens is 3. The van der Waals surface area contributed by atoms with E-state index in [4.69, 9.17) is 9.73 Å². The number of ether oxygens (including phenoxy) is 1. The van der Waals surface area contributed by atoms with Crippen molar-refractivity contribution < 1.29 is 4.74 Å². The van der Waals surface area contributed by atoms with Crippen LogP contribution < -0.4 is 4.74 Å². The predicted molar refractivity (Wildman–Crippen MR) is 92.2 cm³/mol. The molecule has 1 aliphatic heterocycles. The summed E-state index contributed by atoms with van der Waals surface area (Å²) in [5.74, 6) is 2.01. The molecule has 3 aromatic rings. The molecule has 6 nitrogen and oxygen atoms in total. The SMILES string of the molecule is COc1cccc(C2=Nc3ncnn3C2=NCc2ccccc2)c1. The van der Waals surface area contributed by atoms with Crippen molar-refractivity contribution in [2.24, 2.45) is 9.98 Å². The molecule has 0 radical (unpaired) electrons. The van der Waals surface area contributed by atoms with Crippen molar-refractivity contribution in [3.05, 3.63) is 72.1 Å². The molecule has 0 N–H and O–H groups in total. The smallest absolute Gasteiger partial charge is 0.254 e. The minimum absolute atomic E-state index is 0.541. The van der Waals surface area contributed by atoms with Crippen LogP contribution in [-0.4, -0.2) is 33.4 Å². The first-order valence-electron chi connectivity index (χ1n) is 7.57. The maximum atomic E-state index is 5.30. The van der Waals surface area contributed by atoms with Crippen LogP contribution in [0.2, 0.25) is 0 Å². The summed E-state index contributed by atoms with van der Waals surface area (Å²) in [6.45, 7) is 0.554. The van der Waals surface area contributed by atoms with E-state index < -0.39 is 0 Å². The van der Waals surface area contributed by atoms with Crippen LogP contribution in [0.5, 0.6) is 5.75 Å². The van der Waals surface area contributed by atoms with Crippen LogP contribution in [0.1, 0.15) is 11.1 Å². The standard InChI is InChI=1S/C18H15N5O/c1-24-15-9-5-8-14(10-15)16-17(23-18(22-16)20-12-21-23)19-11-13-6-3-2-4-7-13/h2-10,12H,11H2,1H3. The summed E-state index contributed by atoms with van der Waals surface area (Å²) in [6, 6.07) is 17.8. The Bertz CT molecular complexity index is 927. The molecule has 0 atom stereocenters. The first-order chi connectivity index (χ1) is 11.8. The number of rotatable bonds is 4. The zero-order valence-electron chi connectivity index (χ0n) is 13.1. The van der Waals surface area contributed by atoms with E-state index in [-0.39, 0.29) is 0 Å². The Morgan fingerprint density at radius 2 is 1.96 bits per heavy atom. The Morgan fingerprint density at radius 3 is 2.79 bits per heavy atom. The van der Waals surface area contributed by atoms with Gasteiger partial charge < -0.3 is 4.74 Å². The third-order valence-corrected chi connectivity index (χ3v) is 3.75. The van der Waals surface area contributed by atoms with E-state index in [9.17, 15) is 0 Å². The second-order valence-corrected chi connectivity index (χ2v) is 5.29. The van der Waals surface area contributed by atoms with Gasteiger partial charge in [-0.1, -0.05) is 42.5 Å². The molecule has 0 aliphatic carbocycles. The van der Waals surface area contributed by atoms with Crippen molar-refractivity contribution in [1.82, 2.24) is 14.8 Å². The van der Waals surface area contributed by atoms with Crippen molar-refractivity contribution in [1.29, 1.82) is 0 Å². The van der Waals surface area contributed by atoms with E-state index in [1.165, 1.54) is 6.33 Å². The fourth-order valence-corrected chi connectivity index (χ4v) is 2.57. The first kappa shape index (κ1) is 14.3. The molecule has 24 heavy (non-hydrogen) atoms. The van der Waals surface area contributed by atoms with Gasteiger partial charge in [-0.3, -0.25) is 4.99 Å².